The van der Waals surface area contributed by atoms with Crippen LogP contribution in [0, 0.1) is 0 Å². The van der Waals surface area contributed by atoms with Gasteiger partial charge in [-0.15, -0.1) is 0 Å². The van der Waals surface area contributed by atoms with Crippen molar-refractivity contribution in [3.8, 4) is 5.75 Å². The Morgan fingerprint density at radius 2 is 1.94 bits per heavy atom. The van der Waals surface area contributed by atoms with E-state index in [4.69, 9.17) is 16.2 Å². The molecule has 1 unspecified atom stereocenters. The summed E-state index contributed by atoms with van der Waals surface area (Å²) >= 11 is 0. The highest BCUT2D eigenvalue weighted by Crippen LogP contribution is 2.28. The van der Waals surface area contributed by atoms with Gasteiger partial charge in [-0.2, -0.15) is 0 Å². The van der Waals surface area contributed by atoms with Gasteiger partial charge >= 0.3 is 0 Å². The van der Waals surface area contributed by atoms with Crippen LogP contribution in [0.3, 0.4) is 0 Å². The van der Waals surface area contributed by atoms with Crippen molar-refractivity contribution in [3.63, 3.8) is 0 Å². The maximum absolute atomic E-state index is 5.99. The lowest BCUT2D eigenvalue weighted by Gasteiger charge is -2.19. The highest BCUT2D eigenvalue weighted by Gasteiger charge is 2.18. The van der Waals surface area contributed by atoms with Crippen LogP contribution in [0.25, 0.3) is 0 Å². The fourth-order valence-corrected chi connectivity index (χ4v) is 2.21. The van der Waals surface area contributed by atoms with Gasteiger partial charge in [0.05, 0.1) is 6.10 Å². The molecule has 1 aromatic rings. The van der Waals surface area contributed by atoms with E-state index >= 15 is 0 Å². The SMILES string of the molecule is NCC(N)c1ccccc1OC1CCCC1. The van der Waals surface area contributed by atoms with Gasteiger partial charge in [0.15, 0.2) is 0 Å². The second-order valence-corrected chi connectivity index (χ2v) is 4.40. The number of rotatable bonds is 4. The number of nitrogens with two attached hydrogens (primary N) is 2. The molecule has 0 amide bonds. The molecule has 1 aliphatic rings. The average molecular weight is 220 g/mol. The molecule has 88 valence electrons. The zero-order valence-corrected chi connectivity index (χ0v) is 9.56. The first-order chi connectivity index (χ1) is 7.81. The Morgan fingerprint density at radius 3 is 2.62 bits per heavy atom. The predicted octanol–water partition coefficient (Wildman–Crippen LogP) is 1.97. The lowest BCUT2D eigenvalue weighted by molar-refractivity contribution is 0.207. The molecular weight excluding hydrogens is 200 g/mol. The quantitative estimate of drug-likeness (QED) is 0.815. The molecule has 0 spiro atoms. The van der Waals surface area contributed by atoms with E-state index in [0.717, 1.165) is 24.2 Å². The zero-order valence-electron chi connectivity index (χ0n) is 9.56. The van der Waals surface area contributed by atoms with Crippen molar-refractivity contribution in [2.24, 2.45) is 11.5 Å². The standard InChI is InChI=1S/C13H20N2O/c14-9-12(15)11-7-3-4-8-13(11)16-10-5-1-2-6-10/h3-4,7-8,10,12H,1-2,5-6,9,14-15H2. The molecule has 0 aliphatic heterocycles. The van der Waals surface area contributed by atoms with Crippen LogP contribution in [-0.4, -0.2) is 12.6 Å². The van der Waals surface area contributed by atoms with Crippen LogP contribution in [0.2, 0.25) is 0 Å². The summed E-state index contributed by atoms with van der Waals surface area (Å²) in [7, 11) is 0. The highest BCUT2D eigenvalue weighted by atomic mass is 16.5. The Morgan fingerprint density at radius 1 is 1.25 bits per heavy atom. The smallest absolute Gasteiger partial charge is 0.124 e. The summed E-state index contributed by atoms with van der Waals surface area (Å²) in [5, 5.41) is 0. The molecule has 0 saturated heterocycles. The number of benzene rings is 1. The van der Waals surface area contributed by atoms with Crippen LogP contribution in [0.4, 0.5) is 0 Å². The molecule has 0 aromatic heterocycles. The van der Waals surface area contributed by atoms with E-state index in [1.54, 1.807) is 0 Å². The van der Waals surface area contributed by atoms with Crippen molar-refractivity contribution in [2.45, 2.75) is 37.8 Å². The van der Waals surface area contributed by atoms with Crippen LogP contribution >= 0.6 is 0 Å². The van der Waals surface area contributed by atoms with Crippen LogP contribution in [0.5, 0.6) is 5.75 Å². The van der Waals surface area contributed by atoms with Gasteiger partial charge in [0.1, 0.15) is 5.75 Å². The van der Waals surface area contributed by atoms with Gasteiger partial charge in [-0.25, -0.2) is 0 Å². The third-order valence-corrected chi connectivity index (χ3v) is 3.17. The van der Waals surface area contributed by atoms with Crippen LogP contribution in [0.1, 0.15) is 37.3 Å². The lowest BCUT2D eigenvalue weighted by atomic mass is 10.1. The molecule has 0 bridgehead atoms. The second kappa shape index (κ2) is 5.32. The van der Waals surface area contributed by atoms with Crippen LogP contribution < -0.4 is 16.2 Å². The molecule has 4 N–H and O–H groups in total. The van der Waals surface area contributed by atoms with E-state index in [-0.39, 0.29) is 6.04 Å². The topological polar surface area (TPSA) is 61.3 Å². The molecular formula is C13H20N2O. The minimum absolute atomic E-state index is 0.127. The van der Waals surface area contributed by atoms with Crippen LogP contribution in [-0.2, 0) is 0 Å². The maximum atomic E-state index is 5.99. The number of para-hydroxylation sites is 1. The second-order valence-electron chi connectivity index (χ2n) is 4.40. The summed E-state index contributed by atoms with van der Waals surface area (Å²) in [6.07, 6.45) is 5.23. The number of ether oxygens (including phenoxy) is 1. The predicted molar refractivity (Wildman–Crippen MR) is 65.3 cm³/mol. The number of hydrogen-bond acceptors (Lipinski definition) is 3. The molecule has 1 fully saturated rings. The van der Waals surface area contributed by atoms with Gasteiger partial charge in [0.2, 0.25) is 0 Å². The minimum atomic E-state index is -0.127. The summed E-state index contributed by atoms with van der Waals surface area (Å²) in [6.45, 7) is 0.449. The molecule has 2 rings (SSSR count). The summed E-state index contributed by atoms with van der Waals surface area (Å²) in [4.78, 5) is 0. The summed E-state index contributed by atoms with van der Waals surface area (Å²) < 4.78 is 5.99. The van der Waals surface area contributed by atoms with Gasteiger partial charge in [0.25, 0.3) is 0 Å². The Balaban J connectivity index is 2.12. The van der Waals surface area contributed by atoms with Crippen molar-refractivity contribution in [2.75, 3.05) is 6.54 Å². The third-order valence-electron chi connectivity index (χ3n) is 3.17. The highest BCUT2D eigenvalue weighted by molar-refractivity contribution is 5.36. The third kappa shape index (κ3) is 2.54. The fourth-order valence-electron chi connectivity index (χ4n) is 2.21. The average Bonchev–Trinajstić information content (AvgIpc) is 2.82. The molecule has 0 radical (unpaired) electrons. The van der Waals surface area contributed by atoms with Gasteiger partial charge in [-0.1, -0.05) is 18.2 Å². The van der Waals surface area contributed by atoms with Crippen molar-refractivity contribution in [1.82, 2.24) is 0 Å². The molecule has 1 aliphatic carbocycles. The van der Waals surface area contributed by atoms with Gasteiger partial charge in [0, 0.05) is 18.2 Å². The van der Waals surface area contributed by atoms with E-state index in [2.05, 4.69) is 0 Å². The first kappa shape index (κ1) is 11.4. The Bertz CT molecular complexity index is 334. The van der Waals surface area contributed by atoms with Crippen molar-refractivity contribution in [1.29, 1.82) is 0 Å². The molecule has 16 heavy (non-hydrogen) atoms. The molecule has 1 aromatic carbocycles. The van der Waals surface area contributed by atoms with E-state index in [1.165, 1.54) is 12.8 Å². The Hall–Kier alpha value is -1.06. The largest absolute Gasteiger partial charge is 0.490 e. The normalized spacial score (nSPS) is 18.6. The first-order valence-corrected chi connectivity index (χ1v) is 6.02. The molecule has 3 nitrogen and oxygen atoms in total. The van der Waals surface area contributed by atoms with Gasteiger partial charge in [-0.05, 0) is 31.7 Å². The lowest BCUT2D eigenvalue weighted by Crippen LogP contribution is -2.22. The van der Waals surface area contributed by atoms with Crippen molar-refractivity contribution >= 4 is 0 Å². The monoisotopic (exact) mass is 220 g/mol. The first-order valence-electron chi connectivity index (χ1n) is 6.02. The van der Waals surface area contributed by atoms with E-state index < -0.39 is 0 Å². The summed E-state index contributed by atoms with van der Waals surface area (Å²) in [6, 6.07) is 7.83. The van der Waals surface area contributed by atoms with Crippen LogP contribution in [0.15, 0.2) is 24.3 Å². The Kier molecular flexibility index (Phi) is 3.80. The summed E-state index contributed by atoms with van der Waals surface area (Å²) in [5.41, 5.74) is 12.6. The Labute approximate surface area is 96.8 Å². The molecule has 3 heteroatoms. The van der Waals surface area contributed by atoms with Gasteiger partial charge < -0.3 is 16.2 Å². The van der Waals surface area contributed by atoms with Gasteiger partial charge in [-0.3, -0.25) is 0 Å². The van der Waals surface area contributed by atoms with E-state index in [1.807, 2.05) is 24.3 Å². The van der Waals surface area contributed by atoms with Crippen molar-refractivity contribution < 1.29 is 4.74 Å². The maximum Gasteiger partial charge on any atom is 0.124 e. The van der Waals surface area contributed by atoms with Crippen molar-refractivity contribution in [3.05, 3.63) is 29.8 Å². The summed E-state index contributed by atoms with van der Waals surface area (Å²) in [5.74, 6) is 0.910. The molecule has 1 saturated carbocycles. The van der Waals surface area contributed by atoms with E-state index in [9.17, 15) is 0 Å². The zero-order chi connectivity index (χ0) is 11.4. The van der Waals surface area contributed by atoms with E-state index in [0.29, 0.717) is 12.6 Å². The number of hydrogen-bond donors (Lipinski definition) is 2. The molecule has 1 atom stereocenters. The molecule has 0 heterocycles. The fraction of sp³-hybridized carbons (Fsp3) is 0.538. The minimum Gasteiger partial charge on any atom is -0.490 e.